The summed E-state index contributed by atoms with van der Waals surface area (Å²) in [5, 5.41) is -0.207. The van der Waals surface area contributed by atoms with Gasteiger partial charge in [0.05, 0.1) is 11.7 Å². The maximum atomic E-state index is 11.5. The van der Waals surface area contributed by atoms with Gasteiger partial charge in [0, 0.05) is 18.6 Å². The van der Waals surface area contributed by atoms with Gasteiger partial charge in [0.25, 0.3) is 0 Å². The highest BCUT2D eigenvalue weighted by Gasteiger charge is 2.13. The van der Waals surface area contributed by atoms with E-state index in [9.17, 15) is 8.42 Å². The first-order valence-electron chi connectivity index (χ1n) is 5.36. The van der Waals surface area contributed by atoms with E-state index < -0.39 is 9.84 Å². The van der Waals surface area contributed by atoms with Crippen LogP contribution in [-0.2, 0) is 9.84 Å². The monoisotopic (exact) mass is 275 g/mol. The molecule has 3 rings (SSSR count). The fourth-order valence-corrected chi connectivity index (χ4v) is 2.20. The average molecular weight is 275 g/mol. The van der Waals surface area contributed by atoms with E-state index in [4.69, 9.17) is 0 Å². The van der Waals surface area contributed by atoms with Crippen LogP contribution in [0.3, 0.4) is 0 Å². The van der Waals surface area contributed by atoms with E-state index in [0.717, 1.165) is 11.8 Å². The van der Waals surface area contributed by atoms with E-state index in [1.165, 1.54) is 6.20 Å². The molecular weight excluding hydrogens is 266 g/mol. The van der Waals surface area contributed by atoms with E-state index in [1.807, 2.05) is 0 Å². The van der Waals surface area contributed by atoms with Gasteiger partial charge in [-0.05, 0) is 12.1 Å². The molecule has 0 aliphatic heterocycles. The number of imidazole rings is 1. The van der Waals surface area contributed by atoms with Crippen LogP contribution in [0.1, 0.15) is 0 Å². The van der Waals surface area contributed by atoms with Crippen LogP contribution in [-0.4, -0.2) is 39.2 Å². The molecule has 8 heteroatoms. The molecule has 0 fully saturated rings. The second-order valence-corrected chi connectivity index (χ2v) is 5.86. The Morgan fingerprint density at radius 1 is 1.16 bits per heavy atom. The lowest BCUT2D eigenvalue weighted by Crippen LogP contribution is -2.06. The van der Waals surface area contributed by atoms with E-state index in [2.05, 4.69) is 19.9 Å². The number of aromatic nitrogens is 5. The van der Waals surface area contributed by atoms with Crippen LogP contribution < -0.4 is 0 Å². The van der Waals surface area contributed by atoms with E-state index in [0.29, 0.717) is 11.3 Å². The first-order valence-corrected chi connectivity index (χ1v) is 7.25. The van der Waals surface area contributed by atoms with E-state index in [1.54, 1.807) is 35.4 Å². The summed E-state index contributed by atoms with van der Waals surface area (Å²) in [5.41, 5.74) is 1.51. The summed E-state index contributed by atoms with van der Waals surface area (Å²) in [5.74, 6) is 0.448. The highest BCUT2D eigenvalue weighted by Crippen LogP contribution is 2.15. The van der Waals surface area contributed by atoms with Crippen molar-refractivity contribution in [2.45, 2.75) is 5.16 Å². The zero-order chi connectivity index (χ0) is 13.5. The second-order valence-electron chi connectivity index (χ2n) is 3.95. The number of sulfone groups is 1. The molecule has 0 aliphatic carbocycles. The number of nitrogens with zero attached hydrogens (tertiary/aromatic N) is 5. The van der Waals surface area contributed by atoms with Gasteiger partial charge in [0.2, 0.25) is 15.0 Å². The molecule has 3 aromatic heterocycles. The van der Waals surface area contributed by atoms with Crippen molar-refractivity contribution in [3.8, 4) is 5.82 Å². The van der Waals surface area contributed by atoms with Gasteiger partial charge in [0.1, 0.15) is 17.7 Å². The fraction of sp³-hybridized carbons (Fsp3) is 0.0909. The summed E-state index contributed by atoms with van der Waals surface area (Å²) in [6, 6.07) is 3.40. The summed E-state index contributed by atoms with van der Waals surface area (Å²) >= 11 is 0. The maximum Gasteiger partial charge on any atom is 0.248 e. The van der Waals surface area contributed by atoms with E-state index in [-0.39, 0.29) is 5.16 Å². The van der Waals surface area contributed by atoms with E-state index >= 15 is 0 Å². The van der Waals surface area contributed by atoms with Crippen molar-refractivity contribution >= 4 is 20.9 Å². The smallest absolute Gasteiger partial charge is 0.248 e. The molecule has 19 heavy (non-hydrogen) atoms. The Kier molecular flexibility index (Phi) is 2.53. The molecule has 0 amide bonds. The van der Waals surface area contributed by atoms with Crippen LogP contribution in [0.4, 0.5) is 0 Å². The summed E-state index contributed by atoms with van der Waals surface area (Å²) < 4.78 is 24.6. The Balaban J connectivity index is 2.22. The van der Waals surface area contributed by atoms with Gasteiger partial charge in [0.15, 0.2) is 0 Å². The second kappa shape index (κ2) is 4.09. The summed E-state index contributed by atoms with van der Waals surface area (Å²) in [4.78, 5) is 15.9. The lowest BCUT2D eigenvalue weighted by molar-refractivity contribution is 0.592. The number of hydrogen-bond donors (Lipinski definition) is 0. The first kappa shape index (κ1) is 11.7. The molecule has 3 heterocycles. The lowest BCUT2D eigenvalue weighted by Gasteiger charge is -2.04. The fourth-order valence-electron chi connectivity index (χ4n) is 1.69. The van der Waals surface area contributed by atoms with Crippen LogP contribution in [0.15, 0.2) is 42.2 Å². The Hall–Kier alpha value is -2.35. The number of hydrogen-bond acceptors (Lipinski definition) is 6. The summed E-state index contributed by atoms with van der Waals surface area (Å²) in [6.45, 7) is 0. The van der Waals surface area contributed by atoms with Crippen LogP contribution in [0.25, 0.3) is 16.9 Å². The van der Waals surface area contributed by atoms with Crippen LogP contribution in [0, 0.1) is 0 Å². The van der Waals surface area contributed by atoms with Crippen molar-refractivity contribution in [3.05, 3.63) is 37.1 Å². The molecule has 0 saturated carbocycles. The molecule has 0 atom stereocenters. The third-order valence-electron chi connectivity index (χ3n) is 2.55. The lowest BCUT2D eigenvalue weighted by atomic mass is 10.4. The van der Waals surface area contributed by atoms with Gasteiger partial charge in [-0.1, -0.05) is 0 Å². The third-order valence-corrected chi connectivity index (χ3v) is 3.41. The van der Waals surface area contributed by atoms with Crippen molar-refractivity contribution in [2.24, 2.45) is 0 Å². The molecule has 0 aliphatic rings. The van der Waals surface area contributed by atoms with Crippen molar-refractivity contribution in [1.82, 2.24) is 24.5 Å². The quantitative estimate of drug-likeness (QED) is 0.636. The normalized spacial score (nSPS) is 11.8. The SMILES string of the molecule is CS(=O)(=O)c1nccc(-n2cnc3cnccc32)n1. The molecule has 0 aromatic carbocycles. The molecule has 0 bridgehead atoms. The highest BCUT2D eigenvalue weighted by molar-refractivity contribution is 7.90. The Bertz CT molecular complexity index is 856. The van der Waals surface area contributed by atoms with Gasteiger partial charge in [-0.2, -0.15) is 0 Å². The minimum atomic E-state index is -3.44. The molecule has 0 spiro atoms. The third kappa shape index (κ3) is 2.06. The zero-order valence-electron chi connectivity index (χ0n) is 9.92. The number of pyridine rings is 1. The minimum absolute atomic E-state index is 0.207. The van der Waals surface area contributed by atoms with Crippen molar-refractivity contribution in [2.75, 3.05) is 6.26 Å². The molecule has 0 N–H and O–H groups in total. The topological polar surface area (TPSA) is 90.6 Å². The van der Waals surface area contributed by atoms with Crippen molar-refractivity contribution < 1.29 is 8.42 Å². The Labute approximate surface area is 108 Å². The predicted molar refractivity (Wildman–Crippen MR) is 67.6 cm³/mol. The average Bonchev–Trinajstić information content (AvgIpc) is 2.82. The molecule has 3 aromatic rings. The largest absolute Gasteiger partial charge is 0.283 e. The molecule has 7 nitrogen and oxygen atoms in total. The first-order chi connectivity index (χ1) is 9.05. The minimum Gasteiger partial charge on any atom is -0.283 e. The summed E-state index contributed by atoms with van der Waals surface area (Å²) in [7, 11) is -3.44. The summed E-state index contributed by atoms with van der Waals surface area (Å²) in [6.07, 6.45) is 7.32. The molecule has 96 valence electrons. The van der Waals surface area contributed by atoms with Gasteiger partial charge in [-0.15, -0.1) is 0 Å². The van der Waals surface area contributed by atoms with Gasteiger partial charge >= 0.3 is 0 Å². The highest BCUT2D eigenvalue weighted by atomic mass is 32.2. The predicted octanol–water partition coefficient (Wildman–Crippen LogP) is 0.614. The van der Waals surface area contributed by atoms with Gasteiger partial charge in [-0.25, -0.2) is 23.4 Å². The van der Waals surface area contributed by atoms with Crippen molar-refractivity contribution in [3.63, 3.8) is 0 Å². The standard InChI is InChI=1S/C11H9N5O2S/c1-19(17,18)11-13-5-3-10(15-11)16-7-14-8-6-12-4-2-9(8)16/h2-7H,1H3. The van der Waals surface area contributed by atoms with Gasteiger partial charge in [-0.3, -0.25) is 9.55 Å². The Morgan fingerprint density at radius 3 is 2.79 bits per heavy atom. The molecular formula is C11H9N5O2S. The van der Waals surface area contributed by atoms with Crippen LogP contribution >= 0.6 is 0 Å². The number of rotatable bonds is 2. The van der Waals surface area contributed by atoms with Crippen LogP contribution in [0.2, 0.25) is 0 Å². The molecule has 0 unspecified atom stereocenters. The molecule has 0 saturated heterocycles. The number of fused-ring (bicyclic) bond motifs is 1. The van der Waals surface area contributed by atoms with Crippen molar-refractivity contribution in [1.29, 1.82) is 0 Å². The Morgan fingerprint density at radius 2 is 2.00 bits per heavy atom. The van der Waals surface area contributed by atoms with Crippen LogP contribution in [0.5, 0.6) is 0 Å². The zero-order valence-corrected chi connectivity index (χ0v) is 10.7. The molecule has 0 radical (unpaired) electrons. The van der Waals surface area contributed by atoms with Gasteiger partial charge < -0.3 is 0 Å². The maximum absolute atomic E-state index is 11.5.